The summed E-state index contributed by atoms with van der Waals surface area (Å²) >= 11 is 7.36. The summed E-state index contributed by atoms with van der Waals surface area (Å²) in [7, 11) is 3.12. The van der Waals surface area contributed by atoms with Crippen molar-refractivity contribution in [2.75, 3.05) is 25.3 Å². The average Bonchev–Trinajstić information content (AvgIpc) is 3.27. The van der Waals surface area contributed by atoms with Crippen molar-refractivity contribution in [1.29, 1.82) is 0 Å². The SMILES string of the molecule is COc1ccc(NC(=O)CSc2nnc(-c3ccc(Cl)cc3)n2-c2cccc(C)c2)c(OC)c1. The molecule has 9 heteroatoms. The Kier molecular flexibility index (Phi) is 7.40. The Morgan fingerprint density at radius 2 is 1.82 bits per heavy atom. The Bertz CT molecular complexity index is 1310. The first-order valence-corrected chi connectivity index (χ1v) is 11.8. The highest BCUT2D eigenvalue weighted by molar-refractivity contribution is 7.99. The number of nitrogens with one attached hydrogen (secondary N) is 1. The van der Waals surface area contributed by atoms with E-state index in [0.717, 1.165) is 16.8 Å². The molecule has 1 amide bonds. The van der Waals surface area contributed by atoms with E-state index < -0.39 is 0 Å². The van der Waals surface area contributed by atoms with E-state index in [1.807, 2.05) is 54.0 Å². The predicted molar refractivity (Wildman–Crippen MR) is 135 cm³/mol. The van der Waals surface area contributed by atoms with Gasteiger partial charge in [-0.05, 0) is 61.0 Å². The summed E-state index contributed by atoms with van der Waals surface area (Å²) in [5, 5.41) is 12.9. The summed E-state index contributed by atoms with van der Waals surface area (Å²) in [5.74, 6) is 1.78. The van der Waals surface area contributed by atoms with Gasteiger partial charge in [0.15, 0.2) is 11.0 Å². The lowest BCUT2D eigenvalue weighted by Crippen LogP contribution is -2.15. The molecule has 0 unspecified atom stereocenters. The molecule has 4 aromatic rings. The molecule has 4 rings (SSSR count). The van der Waals surface area contributed by atoms with Gasteiger partial charge in [0.25, 0.3) is 0 Å². The van der Waals surface area contributed by atoms with E-state index in [0.29, 0.717) is 33.2 Å². The summed E-state index contributed by atoms with van der Waals surface area (Å²) in [6.45, 7) is 2.03. The fraction of sp³-hybridized carbons (Fsp3) is 0.160. The summed E-state index contributed by atoms with van der Waals surface area (Å²) in [6, 6.07) is 20.7. The molecule has 174 valence electrons. The van der Waals surface area contributed by atoms with E-state index in [2.05, 4.69) is 21.6 Å². The second-order valence-corrected chi connectivity index (χ2v) is 8.77. The molecule has 1 aromatic heterocycles. The van der Waals surface area contributed by atoms with Crippen LogP contribution < -0.4 is 14.8 Å². The summed E-state index contributed by atoms with van der Waals surface area (Å²) in [4.78, 5) is 12.7. The van der Waals surface area contributed by atoms with Crippen LogP contribution >= 0.6 is 23.4 Å². The maximum absolute atomic E-state index is 12.7. The van der Waals surface area contributed by atoms with Crippen molar-refractivity contribution in [3.63, 3.8) is 0 Å². The van der Waals surface area contributed by atoms with E-state index in [1.54, 1.807) is 32.4 Å². The van der Waals surface area contributed by atoms with Crippen molar-refractivity contribution in [2.45, 2.75) is 12.1 Å². The van der Waals surface area contributed by atoms with Crippen molar-refractivity contribution in [3.8, 4) is 28.6 Å². The third kappa shape index (κ3) is 5.35. The van der Waals surface area contributed by atoms with Gasteiger partial charge in [0.1, 0.15) is 11.5 Å². The number of nitrogens with zero attached hydrogens (tertiary/aromatic N) is 3. The van der Waals surface area contributed by atoms with Crippen molar-refractivity contribution < 1.29 is 14.3 Å². The molecule has 0 radical (unpaired) electrons. The molecule has 34 heavy (non-hydrogen) atoms. The number of benzene rings is 3. The zero-order valence-corrected chi connectivity index (χ0v) is 20.5. The van der Waals surface area contributed by atoms with E-state index in [1.165, 1.54) is 11.8 Å². The van der Waals surface area contributed by atoms with Crippen LogP contribution in [0, 0.1) is 6.92 Å². The van der Waals surface area contributed by atoms with Gasteiger partial charge >= 0.3 is 0 Å². The van der Waals surface area contributed by atoms with Gasteiger partial charge in [-0.15, -0.1) is 10.2 Å². The molecule has 0 aliphatic rings. The van der Waals surface area contributed by atoms with Crippen molar-refractivity contribution in [2.24, 2.45) is 0 Å². The number of carbonyl (C=O) groups is 1. The van der Waals surface area contributed by atoms with Crippen molar-refractivity contribution in [3.05, 3.63) is 77.3 Å². The molecule has 0 aliphatic carbocycles. The monoisotopic (exact) mass is 494 g/mol. The van der Waals surface area contributed by atoms with Crippen LogP contribution in [0.25, 0.3) is 17.1 Å². The molecule has 0 spiro atoms. The summed E-state index contributed by atoms with van der Waals surface area (Å²) < 4.78 is 12.5. The zero-order chi connectivity index (χ0) is 24.1. The van der Waals surface area contributed by atoms with Crippen LogP contribution in [-0.2, 0) is 4.79 Å². The Morgan fingerprint density at radius 1 is 1.03 bits per heavy atom. The van der Waals surface area contributed by atoms with Crippen LogP contribution in [0.2, 0.25) is 5.02 Å². The van der Waals surface area contributed by atoms with E-state index in [4.69, 9.17) is 21.1 Å². The zero-order valence-electron chi connectivity index (χ0n) is 18.9. The number of carbonyl (C=O) groups excluding carboxylic acids is 1. The highest BCUT2D eigenvalue weighted by Gasteiger charge is 2.18. The molecule has 7 nitrogen and oxygen atoms in total. The highest BCUT2D eigenvalue weighted by atomic mass is 35.5. The minimum absolute atomic E-state index is 0.139. The Hall–Kier alpha value is -3.49. The van der Waals surface area contributed by atoms with Gasteiger partial charge < -0.3 is 14.8 Å². The van der Waals surface area contributed by atoms with E-state index >= 15 is 0 Å². The second-order valence-electron chi connectivity index (χ2n) is 7.39. The third-order valence-electron chi connectivity index (χ3n) is 5.01. The number of amides is 1. The van der Waals surface area contributed by atoms with Crippen molar-refractivity contribution in [1.82, 2.24) is 14.8 Å². The fourth-order valence-corrected chi connectivity index (χ4v) is 4.25. The van der Waals surface area contributed by atoms with Gasteiger partial charge in [-0.2, -0.15) is 0 Å². The van der Waals surface area contributed by atoms with Crippen LogP contribution in [0.3, 0.4) is 0 Å². The maximum Gasteiger partial charge on any atom is 0.234 e. The molecule has 0 saturated heterocycles. The lowest BCUT2D eigenvalue weighted by molar-refractivity contribution is -0.113. The number of hydrogen-bond acceptors (Lipinski definition) is 6. The summed E-state index contributed by atoms with van der Waals surface area (Å²) in [6.07, 6.45) is 0. The summed E-state index contributed by atoms with van der Waals surface area (Å²) in [5.41, 5.74) is 3.46. The van der Waals surface area contributed by atoms with Crippen LogP contribution in [0.1, 0.15) is 5.56 Å². The number of aromatic nitrogens is 3. The molecular formula is C25H23ClN4O3S. The second kappa shape index (κ2) is 10.6. The minimum atomic E-state index is -0.194. The first-order chi connectivity index (χ1) is 16.5. The smallest absolute Gasteiger partial charge is 0.234 e. The van der Waals surface area contributed by atoms with Crippen LogP contribution in [0.15, 0.2) is 71.9 Å². The largest absolute Gasteiger partial charge is 0.497 e. The molecule has 0 fully saturated rings. The third-order valence-corrected chi connectivity index (χ3v) is 6.19. The number of methoxy groups -OCH3 is 2. The number of anilines is 1. The van der Waals surface area contributed by atoms with Gasteiger partial charge in [0.05, 0.1) is 25.7 Å². The molecule has 0 saturated carbocycles. The quantitative estimate of drug-likeness (QED) is 0.319. The molecule has 0 bridgehead atoms. The molecule has 1 N–H and O–H groups in total. The number of rotatable bonds is 8. The van der Waals surface area contributed by atoms with E-state index in [-0.39, 0.29) is 11.7 Å². The Morgan fingerprint density at radius 3 is 2.53 bits per heavy atom. The lowest BCUT2D eigenvalue weighted by Gasteiger charge is -2.13. The predicted octanol–water partition coefficient (Wildman–Crippen LogP) is 5.64. The lowest BCUT2D eigenvalue weighted by atomic mass is 10.2. The van der Waals surface area contributed by atoms with Crippen LogP contribution in [0.5, 0.6) is 11.5 Å². The average molecular weight is 495 g/mol. The molecule has 0 aliphatic heterocycles. The Balaban J connectivity index is 1.58. The van der Waals surface area contributed by atoms with Crippen LogP contribution in [-0.4, -0.2) is 40.6 Å². The molecule has 0 atom stereocenters. The number of halogens is 1. The minimum Gasteiger partial charge on any atom is -0.497 e. The highest BCUT2D eigenvalue weighted by Crippen LogP contribution is 2.31. The fourth-order valence-electron chi connectivity index (χ4n) is 3.37. The molecule has 1 heterocycles. The van der Waals surface area contributed by atoms with Gasteiger partial charge in [-0.25, -0.2) is 0 Å². The normalized spacial score (nSPS) is 10.7. The standard InChI is InChI=1S/C25H23ClN4O3S/c1-16-5-4-6-19(13-16)30-24(17-7-9-18(26)10-8-17)28-29-25(30)34-15-23(31)27-21-12-11-20(32-2)14-22(21)33-3/h4-14H,15H2,1-3H3,(H,27,31). The van der Waals surface area contributed by atoms with E-state index in [9.17, 15) is 4.79 Å². The number of thioether (sulfide) groups is 1. The van der Waals surface area contributed by atoms with Crippen molar-refractivity contribution >= 4 is 35.0 Å². The topological polar surface area (TPSA) is 78.3 Å². The first kappa shape index (κ1) is 23.7. The van der Waals surface area contributed by atoms with Gasteiger partial charge in [-0.1, -0.05) is 35.5 Å². The molecular weight excluding hydrogens is 472 g/mol. The van der Waals surface area contributed by atoms with Crippen LogP contribution in [0.4, 0.5) is 5.69 Å². The van der Waals surface area contributed by atoms with Gasteiger partial charge in [0, 0.05) is 22.3 Å². The van der Waals surface area contributed by atoms with Gasteiger partial charge in [-0.3, -0.25) is 9.36 Å². The first-order valence-electron chi connectivity index (χ1n) is 10.4. The Labute approximate surface area is 207 Å². The number of hydrogen-bond donors (Lipinski definition) is 1. The number of aryl methyl sites for hydroxylation is 1. The van der Waals surface area contributed by atoms with Gasteiger partial charge in [0.2, 0.25) is 5.91 Å². The molecule has 3 aromatic carbocycles. The number of ether oxygens (including phenoxy) is 2. The maximum atomic E-state index is 12.7.